The van der Waals surface area contributed by atoms with E-state index in [-0.39, 0.29) is 23.5 Å². The third-order valence-corrected chi connectivity index (χ3v) is 2.51. The van der Waals surface area contributed by atoms with E-state index in [9.17, 15) is 4.79 Å². The first-order valence-corrected chi connectivity index (χ1v) is 4.12. The van der Waals surface area contributed by atoms with Gasteiger partial charge < -0.3 is 22.1 Å². The maximum atomic E-state index is 10.2. The molecule has 64 valence electrons. The van der Waals surface area contributed by atoms with Crippen molar-refractivity contribution in [2.45, 2.75) is 6.92 Å². The summed E-state index contributed by atoms with van der Waals surface area (Å²) in [6, 6.07) is 0. The van der Waals surface area contributed by atoms with E-state index in [0.29, 0.717) is 0 Å². The summed E-state index contributed by atoms with van der Waals surface area (Å²) in [4.78, 5) is 10.2. The van der Waals surface area contributed by atoms with Crippen LogP contribution in [0.3, 0.4) is 0 Å². The van der Waals surface area contributed by atoms with Gasteiger partial charge in [-0.05, 0) is 0 Å². The second-order valence-electron chi connectivity index (χ2n) is 2.18. The Morgan fingerprint density at radius 2 is 2.45 bits per heavy atom. The minimum absolute atomic E-state index is 0. The first-order chi connectivity index (χ1) is 4.70. The summed E-state index contributed by atoms with van der Waals surface area (Å²) in [5, 5.41) is 9.55. The fourth-order valence-electron chi connectivity index (χ4n) is 0.906. The molecule has 3 nitrogen and oxygen atoms in total. The average Bonchev–Trinajstić information content (AvgIpc) is 2.15. The zero-order valence-corrected chi connectivity index (χ0v) is 8.61. The van der Waals surface area contributed by atoms with Crippen LogP contribution in [-0.4, -0.2) is 39.5 Å². The van der Waals surface area contributed by atoms with Gasteiger partial charge in [-0.15, -0.1) is 0 Å². The summed E-state index contributed by atoms with van der Waals surface area (Å²) >= 11 is 1.73. The number of aliphatic carboxylic acids is 1. The van der Waals surface area contributed by atoms with E-state index in [1.807, 2.05) is 11.5 Å². The summed E-state index contributed by atoms with van der Waals surface area (Å²) in [6.07, 6.45) is 0. The van der Waals surface area contributed by atoms with Gasteiger partial charge in [0.15, 0.2) is 6.54 Å². The molecule has 0 aromatic heterocycles. The molecule has 0 radical (unpaired) electrons. The molecule has 11 heavy (non-hydrogen) atoms. The lowest BCUT2D eigenvalue weighted by Gasteiger charge is -1.91. The molecule has 1 rings (SSSR count). The first-order valence-electron chi connectivity index (χ1n) is 3.13. The molecule has 0 aromatic carbocycles. The Bertz CT molecular complexity index is 193. The van der Waals surface area contributed by atoms with E-state index >= 15 is 0 Å². The summed E-state index contributed by atoms with van der Waals surface area (Å²) in [5.74, 6) is 0.279. The molecule has 0 spiro atoms. The van der Waals surface area contributed by atoms with Gasteiger partial charge in [0, 0.05) is 6.92 Å². The maximum absolute atomic E-state index is 10.2. The van der Waals surface area contributed by atoms with E-state index in [1.54, 1.807) is 11.8 Å². The van der Waals surface area contributed by atoms with Gasteiger partial charge in [-0.1, -0.05) is 11.8 Å². The molecule has 0 saturated heterocycles. The number of halogens is 1. The second-order valence-corrected chi connectivity index (χ2v) is 3.47. The Labute approximate surface area is 80.3 Å². The number of hydrogen-bond acceptors (Lipinski definition) is 2. The largest absolute Gasteiger partial charge is 1.00 e. The van der Waals surface area contributed by atoms with E-state index in [4.69, 9.17) is 5.11 Å². The van der Waals surface area contributed by atoms with Crippen LogP contribution in [0.4, 0.5) is 0 Å². The number of carboxylic acid groups (broad SMARTS) is 1. The highest BCUT2D eigenvalue weighted by atomic mass is 79.9. The van der Waals surface area contributed by atoms with Gasteiger partial charge in [-0.2, -0.15) is 0 Å². The summed E-state index contributed by atoms with van der Waals surface area (Å²) in [6.45, 7) is 2.99. The first kappa shape index (κ1) is 11.0. The summed E-state index contributed by atoms with van der Waals surface area (Å²) < 4.78 is 1.88. The average molecular weight is 240 g/mol. The predicted octanol–water partition coefficient (Wildman–Crippen LogP) is -2.75. The molecule has 0 amide bonds. The van der Waals surface area contributed by atoms with Gasteiger partial charge in [0.05, 0.1) is 5.75 Å². The molecule has 1 aliphatic rings. The summed E-state index contributed by atoms with van der Waals surface area (Å²) in [7, 11) is 0. The molecular formula is C6H10BrNO2S. The van der Waals surface area contributed by atoms with Gasteiger partial charge in [-0.3, -0.25) is 0 Å². The maximum Gasteiger partial charge on any atom is 0.369 e. The minimum Gasteiger partial charge on any atom is -1.00 e. The number of carboxylic acids is 1. The Balaban J connectivity index is 0.000001000. The lowest BCUT2D eigenvalue weighted by molar-refractivity contribution is -0.508. The van der Waals surface area contributed by atoms with Gasteiger partial charge in [0.1, 0.15) is 0 Å². The normalized spacial score (nSPS) is 16.5. The quantitative estimate of drug-likeness (QED) is 0.532. The molecule has 1 N–H and O–H groups in total. The Morgan fingerprint density at radius 3 is 2.82 bits per heavy atom. The van der Waals surface area contributed by atoms with Crippen molar-refractivity contribution in [2.75, 3.05) is 18.8 Å². The van der Waals surface area contributed by atoms with E-state index in [0.717, 1.165) is 17.3 Å². The number of nitrogens with zero attached hydrogens (tertiary/aromatic N) is 1. The van der Waals surface area contributed by atoms with Gasteiger partial charge in [0.25, 0.3) is 0 Å². The molecular weight excluding hydrogens is 230 g/mol. The van der Waals surface area contributed by atoms with Crippen molar-refractivity contribution in [1.29, 1.82) is 0 Å². The van der Waals surface area contributed by atoms with Crippen LogP contribution in [-0.2, 0) is 4.79 Å². The molecule has 1 heterocycles. The van der Waals surface area contributed by atoms with Crippen molar-refractivity contribution in [3.8, 4) is 0 Å². The van der Waals surface area contributed by atoms with E-state index < -0.39 is 5.97 Å². The molecule has 0 atom stereocenters. The number of thioether (sulfide) groups is 1. The Kier molecular flexibility index (Phi) is 4.76. The highest BCUT2D eigenvalue weighted by molar-refractivity contribution is 8.13. The zero-order chi connectivity index (χ0) is 7.56. The molecule has 5 heteroatoms. The molecule has 0 fully saturated rings. The smallest absolute Gasteiger partial charge is 0.369 e. The van der Waals surface area contributed by atoms with Crippen LogP contribution in [0.2, 0.25) is 0 Å². The molecule has 0 aromatic rings. The van der Waals surface area contributed by atoms with Crippen LogP contribution in [0.25, 0.3) is 0 Å². The Morgan fingerprint density at radius 1 is 1.82 bits per heavy atom. The number of rotatable bonds is 2. The Hall–Kier alpha value is -0.0300. The third-order valence-electron chi connectivity index (χ3n) is 1.44. The predicted molar refractivity (Wildman–Crippen MR) is 40.8 cm³/mol. The van der Waals surface area contributed by atoms with Crippen molar-refractivity contribution in [1.82, 2.24) is 0 Å². The van der Waals surface area contributed by atoms with Crippen LogP contribution in [0.15, 0.2) is 0 Å². The van der Waals surface area contributed by atoms with E-state index in [1.165, 1.54) is 0 Å². The SMILES string of the molecule is CC1=[N+](CC(=O)O)CCS1.[Br-]. The van der Waals surface area contributed by atoms with Crippen molar-refractivity contribution in [3.63, 3.8) is 0 Å². The van der Waals surface area contributed by atoms with Crippen LogP contribution in [0.5, 0.6) is 0 Å². The topological polar surface area (TPSA) is 40.3 Å². The monoisotopic (exact) mass is 239 g/mol. The molecule has 0 saturated carbocycles. The number of hydrogen-bond donors (Lipinski definition) is 1. The standard InChI is InChI=1S/C6H9NO2S.BrH/c1-5-7(2-3-10-5)4-6(8)9;/h2-4H2,1H3;1H. The summed E-state index contributed by atoms with van der Waals surface area (Å²) in [5.41, 5.74) is 0. The number of carbonyl (C=O) groups is 1. The second kappa shape index (κ2) is 4.77. The molecule has 1 aliphatic heterocycles. The fourth-order valence-corrected chi connectivity index (χ4v) is 1.85. The van der Waals surface area contributed by atoms with Crippen molar-refractivity contribution in [2.24, 2.45) is 0 Å². The third kappa shape index (κ3) is 3.25. The highest BCUT2D eigenvalue weighted by Gasteiger charge is 2.20. The zero-order valence-electron chi connectivity index (χ0n) is 6.21. The molecule has 0 aliphatic carbocycles. The van der Waals surface area contributed by atoms with Crippen molar-refractivity contribution in [3.05, 3.63) is 0 Å². The fraction of sp³-hybridized carbons (Fsp3) is 0.667. The van der Waals surface area contributed by atoms with Crippen molar-refractivity contribution >= 4 is 22.8 Å². The molecule has 0 unspecified atom stereocenters. The lowest BCUT2D eigenvalue weighted by atomic mass is 10.5. The minimum atomic E-state index is -0.748. The van der Waals surface area contributed by atoms with Crippen LogP contribution in [0.1, 0.15) is 6.92 Å². The van der Waals surface area contributed by atoms with E-state index in [2.05, 4.69) is 0 Å². The lowest BCUT2D eigenvalue weighted by Crippen LogP contribution is -3.00. The van der Waals surface area contributed by atoms with Gasteiger partial charge >= 0.3 is 5.97 Å². The van der Waals surface area contributed by atoms with Gasteiger partial charge in [-0.25, -0.2) is 9.37 Å². The van der Waals surface area contributed by atoms with Crippen LogP contribution in [0, 0.1) is 0 Å². The van der Waals surface area contributed by atoms with Crippen molar-refractivity contribution < 1.29 is 31.5 Å². The van der Waals surface area contributed by atoms with Crippen LogP contribution >= 0.6 is 11.8 Å². The highest BCUT2D eigenvalue weighted by Crippen LogP contribution is 2.09. The van der Waals surface area contributed by atoms with Crippen LogP contribution < -0.4 is 17.0 Å². The van der Waals surface area contributed by atoms with Gasteiger partial charge in [0.2, 0.25) is 11.6 Å². The molecule has 0 bridgehead atoms.